The molecule has 0 radical (unpaired) electrons. The molecule has 0 fully saturated rings. The Hall–Kier alpha value is -2.18. The predicted molar refractivity (Wildman–Crippen MR) is 54.5 cm³/mol. The molecule has 0 aliphatic heterocycles. The van der Waals surface area contributed by atoms with Crippen LogP contribution in [-0.4, -0.2) is 33.3 Å². The summed E-state index contributed by atoms with van der Waals surface area (Å²) < 4.78 is 0. The molecule has 1 rings (SSSR count). The van der Waals surface area contributed by atoms with E-state index in [0.29, 0.717) is 5.69 Å². The van der Waals surface area contributed by atoms with Crippen LogP contribution in [0.1, 0.15) is 12.6 Å². The van der Waals surface area contributed by atoms with Crippen molar-refractivity contribution in [3.05, 3.63) is 24.0 Å². The molecule has 0 aromatic carbocycles. The molecule has 2 amide bonds. The van der Waals surface area contributed by atoms with Crippen molar-refractivity contribution < 1.29 is 14.7 Å². The van der Waals surface area contributed by atoms with E-state index in [0.717, 1.165) is 0 Å². The Bertz CT molecular complexity index is 368. The van der Waals surface area contributed by atoms with Crippen LogP contribution in [0.4, 0.5) is 4.79 Å². The first kappa shape index (κ1) is 11.9. The monoisotopic (exact) mass is 224 g/mol. The van der Waals surface area contributed by atoms with E-state index in [1.165, 1.54) is 13.1 Å². The third-order valence-electron chi connectivity index (χ3n) is 1.78. The molecule has 0 saturated heterocycles. The molecule has 0 bridgehead atoms. The van der Waals surface area contributed by atoms with Crippen molar-refractivity contribution in [2.24, 2.45) is 0 Å². The molecule has 86 valence electrons. The number of carbonyl (C=O) groups excluding carboxylic acids is 1. The number of carboxylic acids is 1. The minimum atomic E-state index is -1.09. The number of urea groups is 1. The SMILES string of the molecule is C[C@H](NC(=O)NCc1cccnn1)C(=O)O. The van der Waals surface area contributed by atoms with Crippen LogP contribution in [-0.2, 0) is 11.3 Å². The second-order valence-electron chi connectivity index (χ2n) is 3.10. The van der Waals surface area contributed by atoms with Gasteiger partial charge < -0.3 is 15.7 Å². The molecule has 7 heteroatoms. The topological polar surface area (TPSA) is 104 Å². The number of carboxylic acid groups (broad SMARTS) is 1. The number of aliphatic carboxylic acids is 1. The molecular formula is C9H12N4O3. The lowest BCUT2D eigenvalue weighted by molar-refractivity contribution is -0.138. The average Bonchev–Trinajstić information content (AvgIpc) is 2.27. The first-order valence-corrected chi connectivity index (χ1v) is 4.63. The van der Waals surface area contributed by atoms with Crippen LogP contribution in [0.25, 0.3) is 0 Å². The minimum Gasteiger partial charge on any atom is -0.480 e. The van der Waals surface area contributed by atoms with E-state index in [1.54, 1.807) is 12.1 Å². The highest BCUT2D eigenvalue weighted by Crippen LogP contribution is 1.89. The summed E-state index contributed by atoms with van der Waals surface area (Å²) in [6.45, 7) is 1.58. The van der Waals surface area contributed by atoms with Crippen molar-refractivity contribution in [3.63, 3.8) is 0 Å². The van der Waals surface area contributed by atoms with E-state index in [2.05, 4.69) is 20.8 Å². The summed E-state index contributed by atoms with van der Waals surface area (Å²) in [5, 5.41) is 20.7. The van der Waals surface area contributed by atoms with Crippen LogP contribution >= 0.6 is 0 Å². The van der Waals surface area contributed by atoms with Crippen molar-refractivity contribution in [2.45, 2.75) is 19.5 Å². The Balaban J connectivity index is 2.33. The third kappa shape index (κ3) is 3.91. The van der Waals surface area contributed by atoms with Gasteiger partial charge in [0.25, 0.3) is 0 Å². The molecule has 0 unspecified atom stereocenters. The van der Waals surface area contributed by atoms with E-state index in [9.17, 15) is 9.59 Å². The summed E-state index contributed by atoms with van der Waals surface area (Å²) in [6.07, 6.45) is 1.52. The first-order chi connectivity index (χ1) is 7.59. The van der Waals surface area contributed by atoms with Gasteiger partial charge in [0.05, 0.1) is 12.2 Å². The average molecular weight is 224 g/mol. The highest BCUT2D eigenvalue weighted by Gasteiger charge is 2.13. The Morgan fingerprint density at radius 3 is 2.88 bits per heavy atom. The van der Waals surface area contributed by atoms with Crippen molar-refractivity contribution >= 4 is 12.0 Å². The summed E-state index contributed by atoms with van der Waals surface area (Å²) in [6, 6.07) is 1.91. The van der Waals surface area contributed by atoms with Crippen LogP contribution in [0.2, 0.25) is 0 Å². The lowest BCUT2D eigenvalue weighted by Crippen LogP contribution is -2.44. The van der Waals surface area contributed by atoms with Crippen molar-refractivity contribution in [2.75, 3.05) is 0 Å². The lowest BCUT2D eigenvalue weighted by atomic mass is 10.3. The molecule has 16 heavy (non-hydrogen) atoms. The highest BCUT2D eigenvalue weighted by atomic mass is 16.4. The van der Waals surface area contributed by atoms with E-state index < -0.39 is 18.0 Å². The van der Waals surface area contributed by atoms with Gasteiger partial charge in [0.1, 0.15) is 6.04 Å². The number of carbonyl (C=O) groups is 2. The van der Waals surface area contributed by atoms with Gasteiger partial charge in [-0.25, -0.2) is 4.79 Å². The van der Waals surface area contributed by atoms with E-state index >= 15 is 0 Å². The number of amides is 2. The molecule has 7 nitrogen and oxygen atoms in total. The van der Waals surface area contributed by atoms with Crippen molar-refractivity contribution in [1.82, 2.24) is 20.8 Å². The highest BCUT2D eigenvalue weighted by molar-refractivity contribution is 5.82. The van der Waals surface area contributed by atoms with Gasteiger partial charge in [0.15, 0.2) is 0 Å². The maximum atomic E-state index is 11.2. The maximum absolute atomic E-state index is 11.2. The Kier molecular flexibility index (Phi) is 4.19. The molecule has 3 N–H and O–H groups in total. The van der Waals surface area contributed by atoms with Crippen LogP contribution in [0.15, 0.2) is 18.3 Å². The number of hydrogen-bond acceptors (Lipinski definition) is 4. The largest absolute Gasteiger partial charge is 0.480 e. The van der Waals surface area contributed by atoms with E-state index in [1.807, 2.05) is 0 Å². The quantitative estimate of drug-likeness (QED) is 0.654. The summed E-state index contributed by atoms with van der Waals surface area (Å²) in [7, 11) is 0. The Labute approximate surface area is 91.9 Å². The molecule has 1 aromatic rings. The summed E-state index contributed by atoms with van der Waals surface area (Å²) >= 11 is 0. The number of nitrogens with zero attached hydrogens (tertiary/aromatic N) is 2. The second-order valence-corrected chi connectivity index (χ2v) is 3.10. The van der Waals surface area contributed by atoms with Crippen LogP contribution in [0.5, 0.6) is 0 Å². The molecular weight excluding hydrogens is 212 g/mol. The minimum absolute atomic E-state index is 0.200. The van der Waals surface area contributed by atoms with Crippen molar-refractivity contribution in [3.8, 4) is 0 Å². The van der Waals surface area contributed by atoms with Gasteiger partial charge in [0, 0.05) is 6.20 Å². The van der Waals surface area contributed by atoms with Crippen LogP contribution in [0, 0.1) is 0 Å². The van der Waals surface area contributed by atoms with Gasteiger partial charge in [-0.1, -0.05) is 0 Å². The standard InChI is InChI=1S/C9H12N4O3/c1-6(8(14)15)12-9(16)10-5-7-3-2-4-11-13-7/h2-4,6H,5H2,1H3,(H,14,15)(H2,10,12,16)/t6-/m0/s1. The smallest absolute Gasteiger partial charge is 0.325 e. The zero-order valence-electron chi connectivity index (χ0n) is 8.67. The maximum Gasteiger partial charge on any atom is 0.325 e. The number of nitrogens with one attached hydrogen (secondary N) is 2. The Morgan fingerprint density at radius 1 is 1.56 bits per heavy atom. The molecule has 0 saturated carbocycles. The van der Waals surface area contributed by atoms with Gasteiger partial charge >= 0.3 is 12.0 Å². The van der Waals surface area contributed by atoms with Gasteiger partial charge in [0.2, 0.25) is 0 Å². The van der Waals surface area contributed by atoms with Gasteiger partial charge in [-0.15, -0.1) is 0 Å². The second kappa shape index (κ2) is 5.64. The molecule has 1 heterocycles. The van der Waals surface area contributed by atoms with Gasteiger partial charge in [-0.3, -0.25) is 4.79 Å². The summed E-state index contributed by atoms with van der Waals surface area (Å²) in [4.78, 5) is 21.6. The first-order valence-electron chi connectivity index (χ1n) is 4.63. The zero-order valence-corrected chi connectivity index (χ0v) is 8.67. The lowest BCUT2D eigenvalue weighted by Gasteiger charge is -2.09. The fraction of sp³-hybridized carbons (Fsp3) is 0.333. The van der Waals surface area contributed by atoms with Gasteiger partial charge in [-0.2, -0.15) is 10.2 Å². The van der Waals surface area contributed by atoms with Crippen LogP contribution < -0.4 is 10.6 Å². The molecule has 0 aliphatic carbocycles. The van der Waals surface area contributed by atoms with Crippen molar-refractivity contribution in [1.29, 1.82) is 0 Å². The molecule has 1 aromatic heterocycles. The fourth-order valence-electron chi connectivity index (χ4n) is 0.908. The van der Waals surface area contributed by atoms with Crippen LogP contribution in [0.3, 0.4) is 0 Å². The normalized spacial score (nSPS) is 11.6. The Morgan fingerprint density at radius 2 is 2.31 bits per heavy atom. The zero-order chi connectivity index (χ0) is 12.0. The molecule has 0 spiro atoms. The number of aromatic nitrogens is 2. The molecule has 1 atom stereocenters. The predicted octanol–water partition coefficient (Wildman–Crippen LogP) is -0.251. The van der Waals surface area contributed by atoms with Gasteiger partial charge in [-0.05, 0) is 19.1 Å². The van der Waals surface area contributed by atoms with E-state index in [4.69, 9.17) is 5.11 Å². The fourth-order valence-corrected chi connectivity index (χ4v) is 0.908. The number of hydrogen-bond donors (Lipinski definition) is 3. The molecule has 0 aliphatic rings. The third-order valence-corrected chi connectivity index (χ3v) is 1.78. The summed E-state index contributed by atoms with van der Waals surface area (Å²) in [5.74, 6) is -1.09. The van der Waals surface area contributed by atoms with E-state index in [-0.39, 0.29) is 6.54 Å². The number of rotatable bonds is 4. The summed E-state index contributed by atoms with van der Waals surface area (Å²) in [5.41, 5.74) is 0.598.